The van der Waals surface area contributed by atoms with Crippen LogP contribution in [0.25, 0.3) is 0 Å². The molecular formula is C12H20N2O5. The SMILES string of the molecule is COCCOC(=O)/C=C(\C)N=NC(=O)OC(C)(C)C. The molecule has 0 aliphatic heterocycles. The molecule has 0 N–H and O–H groups in total. The average molecular weight is 272 g/mol. The fraction of sp³-hybridized carbons (Fsp3) is 0.667. The molecule has 0 unspecified atom stereocenters. The Kier molecular flexibility index (Phi) is 7.59. The van der Waals surface area contributed by atoms with Crippen LogP contribution in [0.3, 0.4) is 0 Å². The topological polar surface area (TPSA) is 86.5 Å². The quantitative estimate of drug-likeness (QED) is 0.332. The van der Waals surface area contributed by atoms with Crippen LogP contribution < -0.4 is 0 Å². The second-order valence-corrected chi connectivity index (χ2v) is 4.63. The molecule has 19 heavy (non-hydrogen) atoms. The Morgan fingerprint density at radius 2 is 1.79 bits per heavy atom. The van der Waals surface area contributed by atoms with Gasteiger partial charge in [0.1, 0.15) is 12.2 Å². The standard InChI is InChI=1S/C12H20N2O5/c1-9(8-10(15)18-7-6-17-5)13-14-11(16)19-12(2,3)4/h8H,6-7H2,1-5H3/b9-8+,14-13?. The van der Waals surface area contributed by atoms with Gasteiger partial charge in [0.15, 0.2) is 0 Å². The van der Waals surface area contributed by atoms with Crippen LogP contribution in [-0.2, 0) is 19.0 Å². The molecule has 0 heterocycles. The van der Waals surface area contributed by atoms with Gasteiger partial charge in [-0.3, -0.25) is 0 Å². The summed E-state index contributed by atoms with van der Waals surface area (Å²) in [5, 5.41) is 6.88. The van der Waals surface area contributed by atoms with E-state index in [1.54, 1.807) is 20.8 Å². The summed E-state index contributed by atoms with van der Waals surface area (Å²) >= 11 is 0. The third-order valence-electron chi connectivity index (χ3n) is 1.54. The lowest BCUT2D eigenvalue weighted by Crippen LogP contribution is -2.21. The van der Waals surface area contributed by atoms with Gasteiger partial charge in [-0.1, -0.05) is 5.11 Å². The van der Waals surface area contributed by atoms with E-state index in [1.807, 2.05) is 0 Å². The van der Waals surface area contributed by atoms with Gasteiger partial charge in [0.05, 0.1) is 12.3 Å². The zero-order valence-electron chi connectivity index (χ0n) is 11.9. The van der Waals surface area contributed by atoms with Gasteiger partial charge in [-0.2, -0.15) is 0 Å². The van der Waals surface area contributed by atoms with Crippen molar-refractivity contribution < 1.29 is 23.8 Å². The van der Waals surface area contributed by atoms with E-state index >= 15 is 0 Å². The molecule has 0 aliphatic rings. The first-order valence-electron chi connectivity index (χ1n) is 5.73. The third-order valence-corrected chi connectivity index (χ3v) is 1.54. The number of methoxy groups -OCH3 is 1. The molecule has 0 spiro atoms. The van der Waals surface area contributed by atoms with Crippen molar-refractivity contribution >= 4 is 12.1 Å². The lowest BCUT2D eigenvalue weighted by atomic mass is 10.2. The summed E-state index contributed by atoms with van der Waals surface area (Å²) < 4.78 is 14.4. The number of rotatable bonds is 5. The summed E-state index contributed by atoms with van der Waals surface area (Å²) in [5.74, 6) is -0.572. The Labute approximate surface area is 112 Å². The molecule has 0 bridgehead atoms. The van der Waals surface area contributed by atoms with E-state index in [2.05, 4.69) is 10.2 Å². The van der Waals surface area contributed by atoms with Crippen molar-refractivity contribution in [2.45, 2.75) is 33.3 Å². The number of hydrogen-bond donors (Lipinski definition) is 0. The number of hydrogen-bond acceptors (Lipinski definition) is 6. The molecule has 0 aliphatic carbocycles. The van der Waals surface area contributed by atoms with Gasteiger partial charge < -0.3 is 14.2 Å². The first-order valence-corrected chi connectivity index (χ1v) is 5.73. The van der Waals surface area contributed by atoms with Gasteiger partial charge in [-0.25, -0.2) is 9.59 Å². The number of allylic oxidation sites excluding steroid dienone is 1. The summed E-state index contributed by atoms with van der Waals surface area (Å²) in [6.45, 7) is 7.15. The van der Waals surface area contributed by atoms with Gasteiger partial charge >= 0.3 is 12.1 Å². The lowest BCUT2D eigenvalue weighted by Gasteiger charge is -2.16. The first-order chi connectivity index (χ1) is 8.74. The largest absolute Gasteiger partial charge is 0.460 e. The van der Waals surface area contributed by atoms with Crippen LogP contribution >= 0.6 is 0 Å². The van der Waals surface area contributed by atoms with Crippen LogP contribution in [0.4, 0.5) is 4.79 Å². The Morgan fingerprint density at radius 3 is 2.32 bits per heavy atom. The summed E-state index contributed by atoms with van der Waals surface area (Å²) in [6.07, 6.45) is 0.316. The van der Waals surface area contributed by atoms with E-state index in [9.17, 15) is 9.59 Å². The van der Waals surface area contributed by atoms with Crippen LogP contribution in [0.5, 0.6) is 0 Å². The fourth-order valence-corrected chi connectivity index (χ4v) is 0.869. The molecule has 7 heteroatoms. The van der Waals surface area contributed by atoms with Gasteiger partial charge in [-0.05, 0) is 27.7 Å². The number of amides is 1. The summed E-state index contributed by atoms with van der Waals surface area (Å²) in [7, 11) is 1.50. The second-order valence-electron chi connectivity index (χ2n) is 4.63. The monoisotopic (exact) mass is 272 g/mol. The molecule has 0 aromatic carbocycles. The van der Waals surface area contributed by atoms with Gasteiger partial charge in [-0.15, -0.1) is 5.11 Å². The minimum Gasteiger partial charge on any atom is -0.460 e. The van der Waals surface area contributed by atoms with Crippen molar-refractivity contribution in [1.29, 1.82) is 0 Å². The zero-order chi connectivity index (χ0) is 14.9. The molecule has 108 valence electrons. The highest BCUT2D eigenvalue weighted by atomic mass is 16.6. The van der Waals surface area contributed by atoms with Crippen LogP contribution in [-0.4, -0.2) is 38.0 Å². The van der Waals surface area contributed by atoms with Crippen LogP contribution in [0.2, 0.25) is 0 Å². The number of ether oxygens (including phenoxy) is 3. The first kappa shape index (κ1) is 17.2. The summed E-state index contributed by atoms with van der Waals surface area (Å²) in [6, 6.07) is 0. The van der Waals surface area contributed by atoms with E-state index in [0.717, 1.165) is 6.08 Å². The maximum atomic E-state index is 11.2. The molecule has 1 amide bonds. The van der Waals surface area contributed by atoms with Crippen molar-refractivity contribution in [2.24, 2.45) is 10.2 Å². The third kappa shape index (κ3) is 11.1. The summed E-state index contributed by atoms with van der Waals surface area (Å²) in [4.78, 5) is 22.4. The number of carbonyl (C=O) groups excluding carboxylic acids is 2. The Hall–Kier alpha value is -1.76. The van der Waals surface area contributed by atoms with E-state index in [4.69, 9.17) is 14.2 Å². The summed E-state index contributed by atoms with van der Waals surface area (Å²) in [5.41, 5.74) is -0.388. The van der Waals surface area contributed by atoms with Crippen LogP contribution in [0.1, 0.15) is 27.7 Å². The lowest BCUT2D eigenvalue weighted by molar-refractivity contribution is -0.139. The molecule has 0 radical (unpaired) electrons. The molecule has 0 rings (SSSR count). The average Bonchev–Trinajstić information content (AvgIpc) is 2.24. The van der Waals surface area contributed by atoms with Gasteiger partial charge in [0.2, 0.25) is 0 Å². The molecule has 0 fully saturated rings. The highest BCUT2D eigenvalue weighted by Gasteiger charge is 2.15. The van der Waals surface area contributed by atoms with E-state index in [-0.39, 0.29) is 12.3 Å². The molecule has 7 nitrogen and oxygen atoms in total. The molecule has 0 saturated heterocycles. The van der Waals surface area contributed by atoms with Crippen molar-refractivity contribution in [3.63, 3.8) is 0 Å². The highest BCUT2D eigenvalue weighted by molar-refractivity contribution is 5.82. The Bertz CT molecular complexity index is 369. The van der Waals surface area contributed by atoms with Crippen LogP contribution in [0, 0.1) is 0 Å². The second kappa shape index (κ2) is 8.36. The molecule has 0 saturated carbocycles. The van der Waals surface area contributed by atoms with E-state index in [1.165, 1.54) is 14.0 Å². The van der Waals surface area contributed by atoms with Gasteiger partial charge in [0.25, 0.3) is 0 Å². The maximum Gasteiger partial charge on any atom is 0.452 e. The van der Waals surface area contributed by atoms with Gasteiger partial charge in [0, 0.05) is 13.2 Å². The van der Waals surface area contributed by atoms with Crippen molar-refractivity contribution in [3.05, 3.63) is 11.8 Å². The Morgan fingerprint density at radius 1 is 1.16 bits per heavy atom. The maximum absolute atomic E-state index is 11.2. The number of nitrogens with zero attached hydrogens (tertiary/aromatic N) is 2. The predicted molar refractivity (Wildman–Crippen MR) is 67.7 cm³/mol. The Balaban J connectivity index is 4.24. The highest BCUT2D eigenvalue weighted by Crippen LogP contribution is 2.08. The van der Waals surface area contributed by atoms with Crippen molar-refractivity contribution in [3.8, 4) is 0 Å². The van der Waals surface area contributed by atoms with Crippen molar-refractivity contribution in [1.82, 2.24) is 0 Å². The minimum absolute atomic E-state index is 0.155. The van der Waals surface area contributed by atoms with E-state index < -0.39 is 17.7 Å². The zero-order valence-corrected chi connectivity index (χ0v) is 11.9. The molecular weight excluding hydrogens is 252 g/mol. The number of azo groups is 1. The molecule has 0 aromatic heterocycles. The molecule has 0 atom stereocenters. The smallest absolute Gasteiger partial charge is 0.452 e. The van der Waals surface area contributed by atoms with Crippen LogP contribution in [0.15, 0.2) is 22.0 Å². The normalized spacial score (nSPS) is 12.6. The minimum atomic E-state index is -0.812. The molecule has 0 aromatic rings. The predicted octanol–water partition coefficient (Wildman–Crippen LogP) is 2.47. The fourth-order valence-electron chi connectivity index (χ4n) is 0.869. The van der Waals surface area contributed by atoms with E-state index in [0.29, 0.717) is 6.61 Å². The number of esters is 1. The van der Waals surface area contributed by atoms with Crippen molar-refractivity contribution in [2.75, 3.05) is 20.3 Å². The number of carbonyl (C=O) groups is 2.